The largest absolute Gasteiger partial charge is 0.467 e. The van der Waals surface area contributed by atoms with Gasteiger partial charge < -0.3 is 20.3 Å². The molecule has 0 saturated heterocycles. The van der Waals surface area contributed by atoms with Gasteiger partial charge in [-0.3, -0.25) is 0 Å². The van der Waals surface area contributed by atoms with Crippen LogP contribution in [0.5, 0.6) is 6.01 Å². The third-order valence-corrected chi connectivity index (χ3v) is 3.26. The average Bonchev–Trinajstić information content (AvgIpc) is 2.47. The van der Waals surface area contributed by atoms with Crippen molar-refractivity contribution >= 4 is 11.9 Å². The van der Waals surface area contributed by atoms with Gasteiger partial charge in [-0.05, 0) is 33.0 Å². The minimum atomic E-state index is 0.189. The van der Waals surface area contributed by atoms with E-state index >= 15 is 0 Å². The molecule has 0 saturated carbocycles. The summed E-state index contributed by atoms with van der Waals surface area (Å²) < 4.78 is 5.03. The van der Waals surface area contributed by atoms with Crippen LogP contribution in [0.1, 0.15) is 27.2 Å². The lowest BCUT2D eigenvalue weighted by atomic mass is 10.3. The van der Waals surface area contributed by atoms with Gasteiger partial charge in [0.05, 0.1) is 7.11 Å². The highest BCUT2D eigenvalue weighted by Crippen LogP contribution is 2.13. The topological polar surface area (TPSA) is 80.4 Å². The molecule has 0 spiro atoms. The number of nitrogens with zero attached hydrogens (tertiary/aromatic N) is 5. The van der Waals surface area contributed by atoms with E-state index in [-0.39, 0.29) is 12.0 Å². The fourth-order valence-electron chi connectivity index (χ4n) is 2.02. The van der Waals surface area contributed by atoms with Crippen molar-refractivity contribution in [2.24, 2.45) is 0 Å². The van der Waals surface area contributed by atoms with Crippen LogP contribution in [-0.2, 0) is 0 Å². The molecule has 0 aliphatic carbocycles. The van der Waals surface area contributed by atoms with E-state index in [0.29, 0.717) is 5.95 Å². The molecular formula is C13H26N6O. The first-order valence-corrected chi connectivity index (χ1v) is 7.17. The number of hydrogen-bond acceptors (Lipinski definition) is 7. The number of aromatic nitrogens is 3. The van der Waals surface area contributed by atoms with Crippen LogP contribution in [0.4, 0.5) is 11.9 Å². The van der Waals surface area contributed by atoms with Crippen molar-refractivity contribution in [3.8, 4) is 6.01 Å². The van der Waals surface area contributed by atoms with Crippen LogP contribution >= 0.6 is 0 Å². The summed E-state index contributed by atoms with van der Waals surface area (Å²) in [6, 6.07) is 0.259. The van der Waals surface area contributed by atoms with Gasteiger partial charge in [-0.2, -0.15) is 15.0 Å². The Labute approximate surface area is 121 Å². The van der Waals surface area contributed by atoms with Gasteiger partial charge in [0.2, 0.25) is 11.9 Å². The Morgan fingerprint density at radius 1 is 1.00 bits per heavy atom. The van der Waals surface area contributed by atoms with Crippen LogP contribution in [0.2, 0.25) is 0 Å². The highest BCUT2D eigenvalue weighted by molar-refractivity contribution is 5.35. The first-order chi connectivity index (χ1) is 9.64. The van der Waals surface area contributed by atoms with E-state index in [0.717, 1.165) is 39.1 Å². The number of nitrogen functional groups attached to an aromatic ring is 1. The number of nitrogens with two attached hydrogens (primary N) is 1. The summed E-state index contributed by atoms with van der Waals surface area (Å²) in [6.07, 6.45) is 1.06. The molecule has 2 N–H and O–H groups in total. The molecule has 0 aliphatic heterocycles. The summed E-state index contributed by atoms with van der Waals surface area (Å²) in [5.74, 6) is 0.769. The van der Waals surface area contributed by atoms with E-state index in [1.54, 1.807) is 0 Å². The molecule has 1 rings (SSSR count). The lowest BCUT2D eigenvalue weighted by Gasteiger charge is -2.23. The van der Waals surface area contributed by atoms with E-state index in [2.05, 4.69) is 45.5 Å². The molecule has 1 heterocycles. The van der Waals surface area contributed by atoms with E-state index in [9.17, 15) is 0 Å². The smallest absolute Gasteiger partial charge is 0.322 e. The Hall–Kier alpha value is -1.63. The molecule has 7 nitrogen and oxygen atoms in total. The predicted molar refractivity (Wildman–Crippen MR) is 81.1 cm³/mol. The number of rotatable bonds is 9. The maximum Gasteiger partial charge on any atom is 0.322 e. The zero-order valence-corrected chi connectivity index (χ0v) is 13.0. The zero-order chi connectivity index (χ0) is 15.0. The molecule has 20 heavy (non-hydrogen) atoms. The summed E-state index contributed by atoms with van der Waals surface area (Å²) >= 11 is 0. The number of ether oxygens (including phenoxy) is 1. The Kier molecular flexibility index (Phi) is 7.00. The van der Waals surface area contributed by atoms with Crippen molar-refractivity contribution < 1.29 is 4.74 Å². The third kappa shape index (κ3) is 4.80. The Bertz CT molecular complexity index is 396. The molecule has 7 heteroatoms. The maximum absolute atomic E-state index is 5.67. The summed E-state index contributed by atoms with van der Waals surface area (Å²) in [5, 5.41) is 0. The van der Waals surface area contributed by atoms with Crippen molar-refractivity contribution in [3.63, 3.8) is 0 Å². The van der Waals surface area contributed by atoms with Gasteiger partial charge in [-0.1, -0.05) is 13.8 Å². The van der Waals surface area contributed by atoms with E-state index in [4.69, 9.17) is 10.5 Å². The van der Waals surface area contributed by atoms with Crippen molar-refractivity contribution in [3.05, 3.63) is 0 Å². The summed E-state index contributed by atoms with van der Waals surface area (Å²) in [7, 11) is 1.52. The standard InChI is InChI=1S/C13H26N6O/c1-5-18(6-2)9-8-10-19(7-3)12-15-11(14)16-13(17-12)20-4/h5-10H2,1-4H3,(H2,14,15,16,17). The molecule has 1 aromatic heterocycles. The minimum Gasteiger partial charge on any atom is -0.467 e. The minimum absolute atomic E-state index is 0.189. The Balaban J connectivity index is 2.64. The van der Waals surface area contributed by atoms with Gasteiger partial charge in [0, 0.05) is 13.1 Å². The van der Waals surface area contributed by atoms with E-state index in [1.165, 1.54) is 7.11 Å². The zero-order valence-electron chi connectivity index (χ0n) is 13.0. The Morgan fingerprint density at radius 3 is 2.25 bits per heavy atom. The van der Waals surface area contributed by atoms with Crippen molar-refractivity contribution in [1.82, 2.24) is 19.9 Å². The third-order valence-electron chi connectivity index (χ3n) is 3.26. The SMILES string of the molecule is CCN(CC)CCCN(CC)c1nc(N)nc(OC)n1. The molecule has 0 amide bonds. The molecule has 0 aromatic carbocycles. The van der Waals surface area contributed by atoms with Gasteiger partial charge in [0.25, 0.3) is 0 Å². The van der Waals surface area contributed by atoms with Crippen LogP contribution in [-0.4, -0.2) is 59.7 Å². The van der Waals surface area contributed by atoms with Gasteiger partial charge in [-0.15, -0.1) is 0 Å². The van der Waals surface area contributed by atoms with Gasteiger partial charge in [0.1, 0.15) is 0 Å². The fraction of sp³-hybridized carbons (Fsp3) is 0.769. The van der Waals surface area contributed by atoms with E-state index in [1.807, 2.05) is 0 Å². The second-order valence-electron chi connectivity index (χ2n) is 4.44. The van der Waals surface area contributed by atoms with Crippen LogP contribution < -0.4 is 15.4 Å². The number of methoxy groups -OCH3 is 1. The first kappa shape index (κ1) is 16.4. The molecule has 0 aliphatic rings. The second kappa shape index (κ2) is 8.52. The molecular weight excluding hydrogens is 256 g/mol. The molecule has 0 unspecified atom stereocenters. The predicted octanol–water partition coefficient (Wildman–Crippen LogP) is 1.02. The molecule has 0 atom stereocenters. The van der Waals surface area contributed by atoms with Gasteiger partial charge in [-0.25, -0.2) is 0 Å². The van der Waals surface area contributed by atoms with Crippen LogP contribution in [0, 0.1) is 0 Å². The van der Waals surface area contributed by atoms with Crippen LogP contribution in [0.15, 0.2) is 0 Å². The monoisotopic (exact) mass is 282 g/mol. The first-order valence-electron chi connectivity index (χ1n) is 7.17. The average molecular weight is 282 g/mol. The highest BCUT2D eigenvalue weighted by Gasteiger charge is 2.11. The summed E-state index contributed by atoms with van der Waals surface area (Å²) in [4.78, 5) is 16.8. The molecule has 114 valence electrons. The molecule has 1 aromatic rings. The number of hydrogen-bond donors (Lipinski definition) is 1. The van der Waals surface area contributed by atoms with Crippen molar-refractivity contribution in [2.45, 2.75) is 27.2 Å². The lowest BCUT2D eigenvalue weighted by Crippen LogP contribution is -2.31. The van der Waals surface area contributed by atoms with Crippen LogP contribution in [0.25, 0.3) is 0 Å². The van der Waals surface area contributed by atoms with Crippen molar-refractivity contribution in [1.29, 1.82) is 0 Å². The fourth-order valence-corrected chi connectivity index (χ4v) is 2.02. The van der Waals surface area contributed by atoms with Gasteiger partial charge >= 0.3 is 6.01 Å². The van der Waals surface area contributed by atoms with E-state index < -0.39 is 0 Å². The normalized spacial score (nSPS) is 10.8. The second-order valence-corrected chi connectivity index (χ2v) is 4.44. The molecule has 0 bridgehead atoms. The van der Waals surface area contributed by atoms with Crippen molar-refractivity contribution in [2.75, 3.05) is 50.5 Å². The number of anilines is 2. The molecule has 0 radical (unpaired) electrons. The highest BCUT2D eigenvalue weighted by atomic mass is 16.5. The van der Waals surface area contributed by atoms with Gasteiger partial charge in [0.15, 0.2) is 0 Å². The maximum atomic E-state index is 5.67. The van der Waals surface area contributed by atoms with Crippen LogP contribution in [0.3, 0.4) is 0 Å². The Morgan fingerprint density at radius 2 is 1.70 bits per heavy atom. The molecule has 0 fully saturated rings. The quantitative estimate of drug-likeness (QED) is 0.724. The lowest BCUT2D eigenvalue weighted by molar-refractivity contribution is 0.300. The summed E-state index contributed by atoms with van der Waals surface area (Å²) in [6.45, 7) is 11.4. The summed E-state index contributed by atoms with van der Waals surface area (Å²) in [5.41, 5.74) is 5.67.